The van der Waals surface area contributed by atoms with Crippen LogP contribution in [0.3, 0.4) is 0 Å². The molecule has 2 aliphatic heterocycles. The summed E-state index contributed by atoms with van der Waals surface area (Å²) in [4.78, 5) is 0. The molecule has 2 aliphatic rings. The van der Waals surface area contributed by atoms with E-state index >= 15 is 0 Å². The van der Waals surface area contributed by atoms with E-state index in [1.165, 1.54) is 0 Å². The van der Waals surface area contributed by atoms with Gasteiger partial charge in [-0.3, -0.25) is 0 Å². The van der Waals surface area contributed by atoms with Gasteiger partial charge in [0.2, 0.25) is 0 Å². The highest BCUT2D eigenvalue weighted by Gasteiger charge is 2.48. The van der Waals surface area contributed by atoms with Crippen molar-refractivity contribution in [3.05, 3.63) is 0 Å². The van der Waals surface area contributed by atoms with E-state index in [-0.39, 0.29) is 16.2 Å². The highest BCUT2D eigenvalue weighted by molar-refractivity contribution is 7.90. The van der Waals surface area contributed by atoms with Gasteiger partial charge in [0.05, 0.1) is 18.8 Å². The summed E-state index contributed by atoms with van der Waals surface area (Å²) in [6.07, 6.45) is 2.51. The Hall–Kier alpha value is 0.190. The van der Waals surface area contributed by atoms with Gasteiger partial charge in [0.1, 0.15) is 4.75 Å². The molecule has 2 fully saturated rings. The minimum Gasteiger partial charge on any atom is -0.598 e. The van der Waals surface area contributed by atoms with Gasteiger partial charge < -0.3 is 14.6 Å². The van der Waals surface area contributed by atoms with Crippen molar-refractivity contribution < 1.29 is 9.29 Å². The first-order valence-electron chi connectivity index (χ1n) is 6.84. The standard InChI is InChI=1S/C13H26N2O2S/c1-10-7-13(9-17-10)5-6-14-8-11(13)15-18(16)12(2,3)4/h10-11,14-15H,5-9H2,1-4H3/t10-,11?,13?,18?/m0/s1. The molecule has 4 nitrogen and oxygen atoms in total. The minimum absolute atomic E-state index is 0.172. The van der Waals surface area contributed by atoms with Crippen molar-refractivity contribution in [1.82, 2.24) is 10.0 Å². The van der Waals surface area contributed by atoms with Gasteiger partial charge in [-0.2, -0.15) is 0 Å². The molecule has 106 valence electrons. The quantitative estimate of drug-likeness (QED) is 0.743. The summed E-state index contributed by atoms with van der Waals surface area (Å²) >= 11 is -1.01. The summed E-state index contributed by atoms with van der Waals surface area (Å²) in [5.74, 6) is 0. The van der Waals surface area contributed by atoms with Crippen molar-refractivity contribution in [2.45, 2.75) is 57.4 Å². The Morgan fingerprint density at radius 1 is 1.44 bits per heavy atom. The van der Waals surface area contributed by atoms with Crippen LogP contribution in [0.25, 0.3) is 0 Å². The van der Waals surface area contributed by atoms with E-state index in [1.807, 2.05) is 20.8 Å². The lowest BCUT2D eigenvalue weighted by Gasteiger charge is -2.41. The molecule has 0 saturated carbocycles. The average molecular weight is 274 g/mol. The third kappa shape index (κ3) is 3.02. The van der Waals surface area contributed by atoms with Crippen LogP contribution in [0.1, 0.15) is 40.5 Å². The van der Waals surface area contributed by atoms with E-state index in [2.05, 4.69) is 17.0 Å². The second kappa shape index (κ2) is 5.29. The van der Waals surface area contributed by atoms with Crippen LogP contribution in [0, 0.1) is 5.41 Å². The van der Waals surface area contributed by atoms with Crippen LogP contribution in [0.2, 0.25) is 0 Å². The molecule has 4 atom stereocenters. The fourth-order valence-corrected chi connectivity index (χ4v) is 3.81. The van der Waals surface area contributed by atoms with Gasteiger partial charge >= 0.3 is 0 Å². The normalized spacial score (nSPS) is 39.2. The lowest BCUT2D eigenvalue weighted by atomic mass is 9.74. The van der Waals surface area contributed by atoms with Gasteiger partial charge in [-0.25, -0.2) is 0 Å². The van der Waals surface area contributed by atoms with E-state index in [0.717, 1.165) is 32.5 Å². The smallest absolute Gasteiger partial charge is 0.136 e. The van der Waals surface area contributed by atoms with Crippen LogP contribution in [0.15, 0.2) is 0 Å². The van der Waals surface area contributed by atoms with Crippen LogP contribution in [-0.4, -0.2) is 41.1 Å². The first-order chi connectivity index (χ1) is 8.33. The summed E-state index contributed by atoms with van der Waals surface area (Å²) in [6, 6.07) is 0.247. The minimum atomic E-state index is -1.01. The molecule has 0 aromatic carbocycles. The zero-order valence-corrected chi connectivity index (χ0v) is 12.7. The molecule has 3 unspecified atom stereocenters. The molecule has 5 heteroatoms. The Labute approximate surface area is 114 Å². The number of hydrogen-bond donors (Lipinski definition) is 2. The molecule has 0 bridgehead atoms. The van der Waals surface area contributed by atoms with Crippen LogP contribution in [0.4, 0.5) is 0 Å². The van der Waals surface area contributed by atoms with E-state index < -0.39 is 11.4 Å². The van der Waals surface area contributed by atoms with Gasteiger partial charge in [0.15, 0.2) is 0 Å². The fraction of sp³-hybridized carbons (Fsp3) is 1.00. The zero-order chi connectivity index (χ0) is 13.4. The molecule has 0 radical (unpaired) electrons. The predicted octanol–water partition coefficient (Wildman–Crippen LogP) is 1.20. The van der Waals surface area contributed by atoms with Gasteiger partial charge in [-0.1, -0.05) is 0 Å². The van der Waals surface area contributed by atoms with Crippen LogP contribution < -0.4 is 10.0 Å². The highest BCUT2D eigenvalue weighted by atomic mass is 32.2. The molecular formula is C13H26N2O2S. The average Bonchev–Trinajstić information content (AvgIpc) is 2.63. The molecular weight excluding hydrogens is 248 g/mol. The molecule has 18 heavy (non-hydrogen) atoms. The summed E-state index contributed by atoms with van der Waals surface area (Å²) in [6.45, 7) is 10.9. The molecule has 2 saturated heterocycles. The molecule has 1 spiro atoms. The maximum absolute atomic E-state index is 12.3. The Bertz CT molecular complexity index is 291. The molecule has 0 amide bonds. The first kappa shape index (κ1) is 14.6. The molecule has 2 heterocycles. The summed E-state index contributed by atoms with van der Waals surface area (Å²) in [5, 5.41) is 3.41. The van der Waals surface area contributed by atoms with Crippen molar-refractivity contribution in [3.8, 4) is 0 Å². The number of hydrogen-bond acceptors (Lipinski definition) is 4. The Kier molecular flexibility index (Phi) is 4.29. The van der Waals surface area contributed by atoms with Crippen molar-refractivity contribution in [2.75, 3.05) is 19.7 Å². The van der Waals surface area contributed by atoms with Gasteiger partial charge in [-0.05, 0) is 47.1 Å². The number of ether oxygens (including phenoxy) is 1. The first-order valence-corrected chi connectivity index (χ1v) is 7.99. The Balaban J connectivity index is 2.05. The second-order valence-corrected chi connectivity index (χ2v) is 8.69. The third-order valence-electron chi connectivity index (χ3n) is 4.04. The number of nitrogens with one attached hydrogen (secondary N) is 2. The SMILES string of the molecule is C[C@H]1CC2(CCNCC2N[S+]([O-])C(C)(C)C)CO1. The van der Waals surface area contributed by atoms with Crippen LogP contribution in [-0.2, 0) is 16.1 Å². The maximum atomic E-state index is 12.3. The lowest BCUT2D eigenvalue weighted by Crippen LogP contribution is -2.59. The lowest BCUT2D eigenvalue weighted by molar-refractivity contribution is 0.0834. The van der Waals surface area contributed by atoms with Crippen molar-refractivity contribution in [1.29, 1.82) is 0 Å². The molecule has 2 N–H and O–H groups in total. The van der Waals surface area contributed by atoms with E-state index in [9.17, 15) is 4.55 Å². The summed E-state index contributed by atoms with van der Waals surface area (Å²) in [7, 11) is 0. The Morgan fingerprint density at radius 3 is 2.72 bits per heavy atom. The van der Waals surface area contributed by atoms with E-state index in [4.69, 9.17) is 4.74 Å². The van der Waals surface area contributed by atoms with E-state index in [0.29, 0.717) is 6.10 Å². The van der Waals surface area contributed by atoms with E-state index in [1.54, 1.807) is 0 Å². The summed E-state index contributed by atoms with van der Waals surface area (Å²) in [5.41, 5.74) is 0.172. The molecule has 0 aromatic heterocycles. The Morgan fingerprint density at radius 2 is 2.17 bits per heavy atom. The molecule has 2 rings (SSSR count). The monoisotopic (exact) mass is 274 g/mol. The van der Waals surface area contributed by atoms with Gasteiger partial charge in [-0.15, -0.1) is 4.72 Å². The fourth-order valence-electron chi connectivity index (χ4n) is 2.86. The predicted molar refractivity (Wildman–Crippen MR) is 74.8 cm³/mol. The van der Waals surface area contributed by atoms with Gasteiger partial charge in [0.25, 0.3) is 0 Å². The molecule has 0 aromatic rings. The largest absolute Gasteiger partial charge is 0.598 e. The van der Waals surface area contributed by atoms with Crippen molar-refractivity contribution in [2.24, 2.45) is 5.41 Å². The van der Waals surface area contributed by atoms with Gasteiger partial charge in [0, 0.05) is 23.3 Å². The van der Waals surface area contributed by atoms with Crippen molar-refractivity contribution >= 4 is 11.4 Å². The summed E-state index contributed by atoms with van der Waals surface area (Å²) < 4.78 is 21.2. The second-order valence-electron chi connectivity index (χ2n) is 6.69. The van der Waals surface area contributed by atoms with Crippen molar-refractivity contribution in [3.63, 3.8) is 0 Å². The topological polar surface area (TPSA) is 56.3 Å². The third-order valence-corrected chi connectivity index (χ3v) is 5.65. The zero-order valence-electron chi connectivity index (χ0n) is 11.9. The highest BCUT2D eigenvalue weighted by Crippen LogP contribution is 2.41. The maximum Gasteiger partial charge on any atom is 0.136 e. The van der Waals surface area contributed by atoms with Crippen LogP contribution in [0.5, 0.6) is 0 Å². The number of piperidine rings is 1. The number of rotatable bonds is 2. The molecule has 0 aliphatic carbocycles. The van der Waals surface area contributed by atoms with Crippen LogP contribution >= 0.6 is 0 Å².